The zero-order valence-electron chi connectivity index (χ0n) is 14.1. The summed E-state index contributed by atoms with van der Waals surface area (Å²) >= 11 is 7.88. The van der Waals surface area contributed by atoms with E-state index in [0.29, 0.717) is 6.20 Å². The van der Waals surface area contributed by atoms with Crippen molar-refractivity contribution in [3.05, 3.63) is 56.8 Å². The molecule has 1 aliphatic heterocycles. The van der Waals surface area contributed by atoms with Gasteiger partial charge in [-0.3, -0.25) is 14.7 Å². The molecule has 1 aromatic rings. The lowest BCUT2D eigenvalue weighted by Crippen LogP contribution is -2.53. The molecule has 1 heterocycles. The van der Waals surface area contributed by atoms with E-state index in [1.165, 1.54) is 0 Å². The van der Waals surface area contributed by atoms with Gasteiger partial charge in [-0.05, 0) is 28.1 Å². The Kier molecular flexibility index (Phi) is 6.20. The van der Waals surface area contributed by atoms with E-state index < -0.39 is 62.5 Å². The zero-order chi connectivity index (χ0) is 23.4. The summed E-state index contributed by atoms with van der Waals surface area (Å²) in [6.45, 7) is 3.14. The van der Waals surface area contributed by atoms with Crippen LogP contribution in [0.4, 0.5) is 39.5 Å². The molecular weight excluding hydrogens is 525 g/mol. The molecule has 0 spiro atoms. The van der Waals surface area contributed by atoms with Crippen molar-refractivity contribution in [1.29, 1.82) is 0 Å². The second kappa shape index (κ2) is 7.64. The smallest absolute Gasteiger partial charge is 0.288 e. The number of rotatable bonds is 2. The molecule has 2 N–H and O–H groups in total. The van der Waals surface area contributed by atoms with E-state index in [1.807, 2.05) is 0 Å². The first-order valence-corrected chi connectivity index (χ1v) is 8.54. The van der Waals surface area contributed by atoms with Crippen molar-refractivity contribution >= 4 is 33.4 Å². The molecule has 0 saturated carbocycles. The third-order valence-corrected chi connectivity index (χ3v) is 5.12. The maximum atomic E-state index is 13.3. The Labute approximate surface area is 175 Å². The second-order valence-corrected chi connectivity index (χ2v) is 6.93. The number of carbonyl (C=O) groups excluding carboxylic acids is 1. The molecule has 0 bridgehead atoms. The average molecular weight is 533 g/mol. The number of halogens is 11. The Morgan fingerprint density at radius 1 is 1.03 bits per heavy atom. The van der Waals surface area contributed by atoms with Crippen molar-refractivity contribution in [2.45, 2.75) is 24.7 Å². The maximum Gasteiger partial charge on any atom is 0.434 e. The number of carbonyl (C=O) groups is 1. The Balaban J connectivity index is 2.90. The monoisotopic (exact) mass is 531 g/mol. The Morgan fingerprint density at radius 3 is 1.97 bits per heavy atom. The van der Waals surface area contributed by atoms with E-state index in [1.54, 1.807) is 0 Å². The zero-order valence-corrected chi connectivity index (χ0v) is 16.4. The van der Waals surface area contributed by atoms with Gasteiger partial charge < -0.3 is 0 Å². The highest BCUT2D eigenvalue weighted by Crippen LogP contribution is 2.47. The van der Waals surface area contributed by atoms with E-state index in [0.717, 1.165) is 0 Å². The fourth-order valence-electron chi connectivity index (χ4n) is 2.65. The Hall–Kier alpha value is -1.93. The van der Waals surface area contributed by atoms with Gasteiger partial charge in [-0.2, -0.15) is 39.5 Å². The lowest BCUT2D eigenvalue weighted by atomic mass is 10.0. The van der Waals surface area contributed by atoms with Crippen LogP contribution in [0.2, 0.25) is 0 Å². The second-order valence-electron chi connectivity index (χ2n) is 5.76. The van der Waals surface area contributed by atoms with Crippen molar-refractivity contribution in [2.24, 2.45) is 5.84 Å². The molecule has 4 nitrogen and oxygen atoms in total. The number of alkyl halides is 9. The first-order chi connectivity index (χ1) is 13.4. The van der Waals surface area contributed by atoms with Crippen molar-refractivity contribution in [3.63, 3.8) is 0 Å². The predicted molar refractivity (Wildman–Crippen MR) is 88.9 cm³/mol. The molecule has 1 aromatic carbocycles. The Bertz CT molecular complexity index is 924. The van der Waals surface area contributed by atoms with Gasteiger partial charge in [-0.25, -0.2) is 5.84 Å². The average Bonchev–Trinajstić information content (AvgIpc) is 2.55. The van der Waals surface area contributed by atoms with Gasteiger partial charge in [0.1, 0.15) is 11.2 Å². The molecule has 2 rings (SSSR count). The fraction of sp³-hybridized carbons (Fsp3) is 0.267. The Morgan fingerprint density at radius 2 is 1.57 bits per heavy atom. The maximum absolute atomic E-state index is 13.3. The number of hydrogen-bond donors (Lipinski definition) is 1. The number of amides is 1. The summed E-state index contributed by atoms with van der Waals surface area (Å²) in [5.74, 6) is 3.81. The molecule has 1 amide bonds. The van der Waals surface area contributed by atoms with E-state index >= 15 is 0 Å². The van der Waals surface area contributed by atoms with E-state index in [4.69, 9.17) is 17.4 Å². The summed E-state index contributed by atoms with van der Waals surface area (Å²) in [6.07, 6.45) is -17.7. The van der Waals surface area contributed by atoms with Gasteiger partial charge >= 0.3 is 18.5 Å². The van der Waals surface area contributed by atoms with E-state index in [2.05, 4.69) is 22.5 Å². The largest absolute Gasteiger partial charge is 0.434 e. The highest BCUT2D eigenvalue weighted by atomic mass is 79.9. The predicted octanol–water partition coefficient (Wildman–Crippen LogP) is 5.66. The van der Waals surface area contributed by atoms with Gasteiger partial charge in [-0.1, -0.05) is 18.2 Å². The first-order valence-electron chi connectivity index (χ1n) is 7.36. The SMILES string of the molecule is C=CN1C(=O)C(Cl)=C(C(F)(F)F)N(N)C1c1cc(C(F)(F)F)cc(C(F)(F)F)c1Br. The molecular formula is C15H8BrClF9N3O. The third-order valence-electron chi connectivity index (χ3n) is 3.89. The number of allylic oxidation sites excluding steroid dienone is 1. The molecule has 15 heteroatoms. The summed E-state index contributed by atoms with van der Waals surface area (Å²) in [5, 5.41) is -1.69. The van der Waals surface area contributed by atoms with Crippen LogP contribution in [0, 0.1) is 0 Å². The third kappa shape index (κ3) is 4.25. The number of benzene rings is 1. The highest BCUT2D eigenvalue weighted by Gasteiger charge is 2.50. The van der Waals surface area contributed by atoms with Crippen molar-refractivity contribution < 1.29 is 44.3 Å². The topological polar surface area (TPSA) is 49.6 Å². The van der Waals surface area contributed by atoms with Crippen LogP contribution in [-0.2, 0) is 17.1 Å². The van der Waals surface area contributed by atoms with Crippen LogP contribution in [0.3, 0.4) is 0 Å². The van der Waals surface area contributed by atoms with Gasteiger partial charge in [0.25, 0.3) is 5.91 Å². The molecule has 0 aromatic heterocycles. The number of hydrogen-bond acceptors (Lipinski definition) is 3. The van der Waals surface area contributed by atoms with Crippen LogP contribution >= 0.6 is 27.5 Å². The normalized spacial score (nSPS) is 18.9. The molecule has 0 saturated heterocycles. The van der Waals surface area contributed by atoms with Crippen LogP contribution in [0.5, 0.6) is 0 Å². The molecule has 1 atom stereocenters. The molecule has 0 fully saturated rings. The standard InChI is InChI=1S/C15H8BrClF9N3O/c1-2-28-11(29(27)10(15(24,25)26)9(17)12(28)30)6-3-5(13(18,19)20)4-7(8(6)16)14(21,22)23/h2-4,11H,1,27H2. The number of hydrazine groups is 1. The number of nitrogens with two attached hydrogens (primary N) is 1. The van der Waals surface area contributed by atoms with E-state index in [-0.39, 0.29) is 22.0 Å². The lowest BCUT2D eigenvalue weighted by molar-refractivity contribution is -0.147. The van der Waals surface area contributed by atoms with Crippen molar-refractivity contribution in [1.82, 2.24) is 9.91 Å². The summed E-state index contributed by atoms with van der Waals surface area (Å²) in [6, 6.07) is -0.0916. The van der Waals surface area contributed by atoms with Gasteiger partial charge in [0.15, 0.2) is 5.70 Å². The number of nitrogens with zero attached hydrogens (tertiary/aromatic N) is 2. The van der Waals surface area contributed by atoms with Gasteiger partial charge in [0.2, 0.25) is 0 Å². The highest BCUT2D eigenvalue weighted by molar-refractivity contribution is 9.10. The van der Waals surface area contributed by atoms with Crippen LogP contribution < -0.4 is 5.84 Å². The van der Waals surface area contributed by atoms with Gasteiger partial charge in [0.05, 0.1) is 11.1 Å². The quantitative estimate of drug-likeness (QED) is 0.395. The van der Waals surface area contributed by atoms with Gasteiger partial charge in [0, 0.05) is 16.2 Å². The molecule has 1 unspecified atom stereocenters. The first kappa shape index (κ1) is 24.3. The fourth-order valence-corrected chi connectivity index (χ4v) is 3.61. The molecule has 0 aliphatic carbocycles. The lowest BCUT2D eigenvalue weighted by Gasteiger charge is -2.42. The minimum absolute atomic E-state index is 0.140. The molecule has 30 heavy (non-hydrogen) atoms. The van der Waals surface area contributed by atoms with Crippen LogP contribution in [-0.4, -0.2) is 22.0 Å². The molecule has 1 aliphatic rings. The molecule has 0 radical (unpaired) electrons. The summed E-state index contributed by atoms with van der Waals surface area (Å²) in [4.78, 5) is 12.5. The van der Waals surface area contributed by atoms with Crippen LogP contribution in [0.25, 0.3) is 0 Å². The van der Waals surface area contributed by atoms with Gasteiger partial charge in [-0.15, -0.1) is 0 Å². The molecule has 166 valence electrons. The summed E-state index contributed by atoms with van der Waals surface area (Å²) in [7, 11) is 0. The van der Waals surface area contributed by atoms with Crippen LogP contribution in [0.1, 0.15) is 22.9 Å². The van der Waals surface area contributed by atoms with Crippen molar-refractivity contribution in [3.8, 4) is 0 Å². The summed E-state index contributed by atoms with van der Waals surface area (Å²) < 4.78 is 118. The minimum atomic E-state index is -5.35. The minimum Gasteiger partial charge on any atom is -0.288 e. The van der Waals surface area contributed by atoms with E-state index in [9.17, 15) is 44.3 Å². The van der Waals surface area contributed by atoms with Crippen LogP contribution in [0.15, 0.2) is 40.1 Å². The van der Waals surface area contributed by atoms with Crippen molar-refractivity contribution in [2.75, 3.05) is 0 Å². The summed E-state index contributed by atoms with van der Waals surface area (Å²) in [5.41, 5.74) is -6.65.